The van der Waals surface area contributed by atoms with Crippen LogP contribution in [0.3, 0.4) is 0 Å². The Kier molecular flexibility index (Phi) is 5.26. The highest BCUT2D eigenvalue weighted by atomic mass is 35.5. The summed E-state index contributed by atoms with van der Waals surface area (Å²) in [5.74, 6) is 0.310. The van der Waals surface area contributed by atoms with E-state index < -0.39 is 0 Å². The lowest BCUT2D eigenvalue weighted by Crippen LogP contribution is -2.26. The Labute approximate surface area is 151 Å². The zero-order valence-corrected chi connectivity index (χ0v) is 14.4. The van der Waals surface area contributed by atoms with Crippen LogP contribution in [0.5, 0.6) is 0 Å². The number of rotatable bonds is 5. The Bertz CT molecular complexity index is 836. The molecule has 0 aliphatic carbocycles. The van der Waals surface area contributed by atoms with Crippen LogP contribution in [-0.4, -0.2) is 22.9 Å². The third-order valence-corrected chi connectivity index (χ3v) is 3.96. The lowest BCUT2D eigenvalue weighted by Gasteiger charge is -2.17. The van der Waals surface area contributed by atoms with E-state index >= 15 is 0 Å². The van der Waals surface area contributed by atoms with Gasteiger partial charge in [-0.2, -0.15) is 0 Å². The number of hydrogen-bond donors (Lipinski definition) is 1. The van der Waals surface area contributed by atoms with Crippen molar-refractivity contribution in [2.24, 2.45) is 0 Å². The Hall–Kier alpha value is -2.92. The van der Waals surface area contributed by atoms with Crippen molar-refractivity contribution in [3.8, 4) is 0 Å². The molecular weight excluding hydrogens is 336 g/mol. The summed E-state index contributed by atoms with van der Waals surface area (Å²) in [5.41, 5.74) is 2.32. The van der Waals surface area contributed by atoms with Gasteiger partial charge in [0.2, 0.25) is 5.95 Å². The van der Waals surface area contributed by atoms with Gasteiger partial charge >= 0.3 is 0 Å². The third kappa shape index (κ3) is 4.33. The van der Waals surface area contributed by atoms with Gasteiger partial charge in [0.1, 0.15) is 0 Å². The number of nitrogens with zero attached hydrogens (tertiary/aromatic N) is 3. The highest BCUT2D eigenvalue weighted by Gasteiger charge is 2.14. The van der Waals surface area contributed by atoms with E-state index in [9.17, 15) is 4.79 Å². The van der Waals surface area contributed by atoms with Gasteiger partial charge in [-0.05, 0) is 29.8 Å². The first-order valence-corrected chi connectivity index (χ1v) is 8.15. The van der Waals surface area contributed by atoms with Crippen LogP contribution < -0.4 is 10.2 Å². The summed E-state index contributed by atoms with van der Waals surface area (Å²) in [6.45, 7) is 0.578. The van der Waals surface area contributed by atoms with Gasteiger partial charge in [-0.15, -0.1) is 0 Å². The average molecular weight is 353 g/mol. The van der Waals surface area contributed by atoms with Crippen molar-refractivity contribution in [2.45, 2.75) is 6.54 Å². The topological polar surface area (TPSA) is 58.1 Å². The smallest absolute Gasteiger partial charge is 0.261 e. The highest BCUT2D eigenvalue weighted by Crippen LogP contribution is 2.15. The van der Waals surface area contributed by atoms with Gasteiger partial charge in [0.25, 0.3) is 5.91 Å². The maximum absolute atomic E-state index is 12.5. The molecule has 126 valence electrons. The molecule has 0 fully saturated rings. The van der Waals surface area contributed by atoms with Crippen LogP contribution >= 0.6 is 11.6 Å². The summed E-state index contributed by atoms with van der Waals surface area (Å²) in [6, 6.07) is 17.0. The molecule has 3 aromatic rings. The zero-order chi connectivity index (χ0) is 17.6. The number of halogens is 1. The molecule has 0 saturated heterocycles. The normalized spacial score (nSPS) is 10.3. The Morgan fingerprint density at radius 2 is 1.68 bits per heavy atom. The molecule has 0 saturated carbocycles. The zero-order valence-electron chi connectivity index (χ0n) is 13.7. The summed E-state index contributed by atoms with van der Waals surface area (Å²) in [7, 11) is 1.73. The van der Waals surface area contributed by atoms with Gasteiger partial charge in [-0.25, -0.2) is 9.97 Å². The molecule has 0 radical (unpaired) electrons. The van der Waals surface area contributed by atoms with Gasteiger partial charge in [0.15, 0.2) is 0 Å². The number of para-hydroxylation sites is 1. The molecule has 6 heteroatoms. The van der Waals surface area contributed by atoms with Crippen molar-refractivity contribution < 1.29 is 4.79 Å². The van der Waals surface area contributed by atoms with E-state index in [1.165, 1.54) is 12.4 Å². The van der Waals surface area contributed by atoms with Crippen molar-refractivity contribution in [3.63, 3.8) is 0 Å². The number of carbonyl (C=O) groups is 1. The highest BCUT2D eigenvalue weighted by molar-refractivity contribution is 6.30. The van der Waals surface area contributed by atoms with Crippen LogP contribution in [0.25, 0.3) is 0 Å². The van der Waals surface area contributed by atoms with Crippen LogP contribution in [-0.2, 0) is 6.54 Å². The second-order valence-corrected chi connectivity index (χ2v) is 5.91. The van der Waals surface area contributed by atoms with Crippen molar-refractivity contribution in [3.05, 3.63) is 83.1 Å². The number of aromatic nitrogens is 2. The van der Waals surface area contributed by atoms with Crippen LogP contribution in [0.1, 0.15) is 15.9 Å². The second kappa shape index (κ2) is 7.77. The van der Waals surface area contributed by atoms with Gasteiger partial charge < -0.3 is 10.2 Å². The van der Waals surface area contributed by atoms with Gasteiger partial charge in [0.05, 0.1) is 5.56 Å². The number of benzene rings is 2. The first kappa shape index (κ1) is 16.9. The Morgan fingerprint density at radius 3 is 2.32 bits per heavy atom. The minimum Gasteiger partial charge on any atom is -0.350 e. The molecule has 2 aromatic carbocycles. The molecule has 1 amide bonds. The minimum atomic E-state index is -0.157. The largest absolute Gasteiger partial charge is 0.350 e. The predicted molar refractivity (Wildman–Crippen MR) is 100.0 cm³/mol. The molecule has 25 heavy (non-hydrogen) atoms. The summed E-state index contributed by atoms with van der Waals surface area (Å²) >= 11 is 5.86. The fraction of sp³-hybridized carbons (Fsp3) is 0.105. The van der Waals surface area contributed by atoms with Gasteiger partial charge in [-0.3, -0.25) is 4.79 Å². The van der Waals surface area contributed by atoms with E-state index in [-0.39, 0.29) is 5.91 Å². The molecule has 0 bridgehead atoms. The molecule has 0 atom stereocenters. The standard InChI is InChI=1S/C19H17ClN4O/c1-24(17-5-3-2-4-6-17)18(25)15-12-22-19(23-13-15)21-11-14-7-9-16(20)10-8-14/h2-10,12-13H,11H2,1H3,(H,21,22,23). The number of hydrogen-bond acceptors (Lipinski definition) is 4. The fourth-order valence-electron chi connectivity index (χ4n) is 2.28. The van der Waals surface area contributed by atoms with E-state index in [1.807, 2.05) is 54.6 Å². The van der Waals surface area contributed by atoms with Gasteiger partial charge in [-0.1, -0.05) is 41.9 Å². The van der Waals surface area contributed by atoms with Crippen LogP contribution in [0.15, 0.2) is 67.0 Å². The fourth-order valence-corrected chi connectivity index (χ4v) is 2.40. The molecule has 0 aliphatic heterocycles. The SMILES string of the molecule is CN(C(=O)c1cnc(NCc2ccc(Cl)cc2)nc1)c1ccccc1. The molecule has 3 rings (SSSR count). The van der Waals surface area contributed by atoms with E-state index in [0.29, 0.717) is 23.1 Å². The van der Waals surface area contributed by atoms with Crippen molar-refractivity contribution in [2.75, 3.05) is 17.3 Å². The summed E-state index contributed by atoms with van der Waals surface area (Å²) in [4.78, 5) is 22.5. The Balaban J connectivity index is 1.63. The molecular formula is C19H17ClN4O. The molecule has 1 aromatic heterocycles. The van der Waals surface area contributed by atoms with E-state index in [0.717, 1.165) is 11.3 Å². The predicted octanol–water partition coefficient (Wildman–Crippen LogP) is 4.02. The first-order chi connectivity index (χ1) is 12.1. The molecule has 5 nitrogen and oxygen atoms in total. The van der Waals surface area contributed by atoms with Crippen LogP contribution in [0.4, 0.5) is 11.6 Å². The maximum Gasteiger partial charge on any atom is 0.261 e. The number of nitrogens with one attached hydrogen (secondary N) is 1. The quantitative estimate of drug-likeness (QED) is 0.753. The summed E-state index contributed by atoms with van der Waals surface area (Å²) in [5, 5.41) is 3.82. The van der Waals surface area contributed by atoms with E-state index in [2.05, 4.69) is 15.3 Å². The first-order valence-electron chi connectivity index (χ1n) is 7.77. The second-order valence-electron chi connectivity index (χ2n) is 5.48. The van der Waals surface area contributed by atoms with Crippen molar-refractivity contribution in [1.29, 1.82) is 0 Å². The Morgan fingerprint density at radius 1 is 1.04 bits per heavy atom. The molecule has 0 aliphatic rings. The third-order valence-electron chi connectivity index (χ3n) is 3.71. The molecule has 1 N–H and O–H groups in total. The van der Waals surface area contributed by atoms with Gasteiger partial charge in [0, 0.05) is 36.7 Å². The van der Waals surface area contributed by atoms with Crippen molar-refractivity contribution in [1.82, 2.24) is 9.97 Å². The van der Waals surface area contributed by atoms with Crippen LogP contribution in [0.2, 0.25) is 5.02 Å². The maximum atomic E-state index is 12.5. The van der Waals surface area contributed by atoms with E-state index in [1.54, 1.807) is 11.9 Å². The molecule has 0 spiro atoms. The van der Waals surface area contributed by atoms with E-state index in [4.69, 9.17) is 11.6 Å². The lowest BCUT2D eigenvalue weighted by molar-refractivity contribution is 0.0992. The monoisotopic (exact) mass is 352 g/mol. The molecule has 0 unspecified atom stereocenters. The number of carbonyl (C=O) groups excluding carboxylic acids is 1. The number of amides is 1. The minimum absolute atomic E-state index is 0.157. The molecule has 1 heterocycles. The summed E-state index contributed by atoms with van der Waals surface area (Å²) in [6.07, 6.45) is 3.05. The average Bonchev–Trinajstić information content (AvgIpc) is 2.67. The van der Waals surface area contributed by atoms with Crippen molar-refractivity contribution >= 4 is 29.1 Å². The van der Waals surface area contributed by atoms with Crippen LogP contribution in [0, 0.1) is 0 Å². The number of anilines is 2. The summed E-state index contributed by atoms with van der Waals surface area (Å²) < 4.78 is 0. The lowest BCUT2D eigenvalue weighted by atomic mass is 10.2.